The molecule has 18 heavy (non-hydrogen) atoms. The largest absolute Gasteiger partial charge is 0.337 e. The van der Waals surface area contributed by atoms with Gasteiger partial charge in [-0.15, -0.1) is 10.2 Å². The highest BCUT2D eigenvalue weighted by Gasteiger charge is 2.18. The summed E-state index contributed by atoms with van der Waals surface area (Å²) in [6.07, 6.45) is 4.76. The number of carbonyl (C=O) groups is 1. The van der Waals surface area contributed by atoms with Gasteiger partial charge in [0.1, 0.15) is 6.54 Å². The lowest BCUT2D eigenvalue weighted by Crippen LogP contribution is -2.33. The number of rotatable bonds is 4. The van der Waals surface area contributed by atoms with Crippen molar-refractivity contribution < 1.29 is 4.79 Å². The summed E-state index contributed by atoms with van der Waals surface area (Å²) in [4.78, 5) is 18.9. The molecule has 0 saturated carbocycles. The molecule has 0 aliphatic rings. The van der Waals surface area contributed by atoms with Crippen LogP contribution in [0.4, 0.5) is 0 Å². The van der Waals surface area contributed by atoms with Crippen molar-refractivity contribution >= 4 is 5.91 Å². The van der Waals surface area contributed by atoms with Crippen LogP contribution in [0.1, 0.15) is 18.5 Å². The van der Waals surface area contributed by atoms with E-state index >= 15 is 0 Å². The average Bonchev–Trinajstić information content (AvgIpc) is 2.91. The fourth-order valence-corrected chi connectivity index (χ4v) is 1.56. The number of nitrogens with zero attached hydrogens (tertiary/aromatic N) is 6. The van der Waals surface area contributed by atoms with Gasteiger partial charge < -0.3 is 4.90 Å². The summed E-state index contributed by atoms with van der Waals surface area (Å²) in [7, 11) is 1.75. The van der Waals surface area contributed by atoms with Crippen molar-refractivity contribution in [2.24, 2.45) is 0 Å². The normalized spacial score (nSPS) is 12.1. The van der Waals surface area contributed by atoms with E-state index in [4.69, 9.17) is 0 Å². The Morgan fingerprint density at radius 2 is 2.39 bits per heavy atom. The van der Waals surface area contributed by atoms with Crippen molar-refractivity contribution in [3.05, 3.63) is 36.4 Å². The predicted octanol–water partition coefficient (Wildman–Crippen LogP) is 0.288. The van der Waals surface area contributed by atoms with Gasteiger partial charge in [-0.25, -0.2) is 0 Å². The van der Waals surface area contributed by atoms with Crippen LogP contribution in [0.3, 0.4) is 0 Å². The molecule has 0 aromatic carbocycles. The molecule has 2 aromatic rings. The van der Waals surface area contributed by atoms with Crippen molar-refractivity contribution in [3.63, 3.8) is 0 Å². The summed E-state index contributed by atoms with van der Waals surface area (Å²) < 4.78 is 0. The monoisotopic (exact) mass is 246 g/mol. The smallest absolute Gasteiger partial charge is 0.246 e. The molecule has 1 atom stereocenters. The van der Waals surface area contributed by atoms with Crippen LogP contribution >= 0.6 is 0 Å². The molecule has 0 bridgehead atoms. The minimum absolute atomic E-state index is 0.0466. The van der Waals surface area contributed by atoms with Gasteiger partial charge in [-0.05, 0) is 23.8 Å². The Kier molecular flexibility index (Phi) is 3.61. The Morgan fingerprint density at radius 1 is 1.56 bits per heavy atom. The first-order chi connectivity index (χ1) is 8.68. The van der Waals surface area contributed by atoms with E-state index in [0.29, 0.717) is 0 Å². The first kappa shape index (κ1) is 12.2. The van der Waals surface area contributed by atoms with Crippen LogP contribution in [0.5, 0.6) is 0 Å². The lowest BCUT2D eigenvalue weighted by atomic mass is 10.1. The van der Waals surface area contributed by atoms with E-state index in [1.807, 2.05) is 19.1 Å². The second-order valence-electron chi connectivity index (χ2n) is 3.93. The molecule has 94 valence electrons. The molecule has 0 fully saturated rings. The molecule has 0 aliphatic heterocycles. The number of amides is 1. The Balaban J connectivity index is 2.02. The van der Waals surface area contributed by atoms with Gasteiger partial charge in [0.05, 0.1) is 6.04 Å². The molecule has 0 N–H and O–H groups in total. The maximum atomic E-state index is 12.0. The summed E-state index contributed by atoms with van der Waals surface area (Å²) in [6, 6.07) is 3.74. The van der Waals surface area contributed by atoms with Gasteiger partial charge in [0.25, 0.3) is 0 Å². The lowest BCUT2D eigenvalue weighted by Gasteiger charge is -2.24. The van der Waals surface area contributed by atoms with E-state index in [9.17, 15) is 4.79 Å². The standard InChI is InChI=1S/C11H14N6O/c1-9(10-4-3-5-12-6-10)16(2)11(18)7-17-14-8-13-15-17/h3-6,8-9H,7H2,1-2H3. The zero-order valence-electron chi connectivity index (χ0n) is 10.3. The Morgan fingerprint density at radius 3 is 3.00 bits per heavy atom. The van der Waals surface area contributed by atoms with Crippen molar-refractivity contribution in [3.8, 4) is 0 Å². The maximum absolute atomic E-state index is 12.0. The lowest BCUT2D eigenvalue weighted by molar-refractivity contribution is -0.132. The number of hydrogen-bond acceptors (Lipinski definition) is 5. The maximum Gasteiger partial charge on any atom is 0.246 e. The molecule has 1 unspecified atom stereocenters. The number of likely N-dealkylation sites (N-methyl/N-ethyl adjacent to an activating group) is 1. The van der Waals surface area contributed by atoms with E-state index in [0.717, 1.165) is 5.56 Å². The van der Waals surface area contributed by atoms with Gasteiger partial charge in [0.2, 0.25) is 5.91 Å². The van der Waals surface area contributed by atoms with Crippen molar-refractivity contribution in [1.82, 2.24) is 30.1 Å². The van der Waals surface area contributed by atoms with Crippen LogP contribution in [0.2, 0.25) is 0 Å². The van der Waals surface area contributed by atoms with Crippen LogP contribution in [0, 0.1) is 0 Å². The zero-order chi connectivity index (χ0) is 13.0. The minimum Gasteiger partial charge on any atom is -0.337 e. The quantitative estimate of drug-likeness (QED) is 0.774. The van der Waals surface area contributed by atoms with E-state index < -0.39 is 0 Å². The summed E-state index contributed by atoms with van der Waals surface area (Å²) in [5, 5.41) is 11.0. The first-order valence-electron chi connectivity index (χ1n) is 5.55. The highest BCUT2D eigenvalue weighted by atomic mass is 16.2. The van der Waals surface area contributed by atoms with Gasteiger partial charge in [-0.2, -0.15) is 4.80 Å². The fraction of sp³-hybridized carbons (Fsp3) is 0.364. The van der Waals surface area contributed by atoms with Crippen LogP contribution in [-0.2, 0) is 11.3 Å². The minimum atomic E-state index is -0.0793. The summed E-state index contributed by atoms with van der Waals surface area (Å²) in [6.45, 7) is 2.03. The van der Waals surface area contributed by atoms with Crippen LogP contribution in [0.25, 0.3) is 0 Å². The molecule has 0 spiro atoms. The van der Waals surface area contributed by atoms with Crippen molar-refractivity contribution in [2.45, 2.75) is 19.5 Å². The summed E-state index contributed by atoms with van der Waals surface area (Å²) in [5.74, 6) is -0.0793. The Hall–Kier alpha value is -2.31. The van der Waals surface area contributed by atoms with Crippen molar-refractivity contribution in [1.29, 1.82) is 0 Å². The Bertz CT molecular complexity index is 498. The molecule has 2 heterocycles. The molecule has 2 rings (SSSR count). The second-order valence-corrected chi connectivity index (χ2v) is 3.93. The highest BCUT2D eigenvalue weighted by Crippen LogP contribution is 2.17. The molecule has 7 heteroatoms. The topological polar surface area (TPSA) is 76.8 Å². The third-order valence-corrected chi connectivity index (χ3v) is 2.81. The molecule has 0 radical (unpaired) electrons. The van der Waals surface area contributed by atoms with Crippen LogP contribution < -0.4 is 0 Å². The van der Waals surface area contributed by atoms with Crippen LogP contribution in [-0.4, -0.2) is 43.0 Å². The number of pyridine rings is 1. The number of aromatic nitrogens is 5. The van der Waals surface area contributed by atoms with Gasteiger partial charge in [0, 0.05) is 19.4 Å². The van der Waals surface area contributed by atoms with E-state index in [-0.39, 0.29) is 18.5 Å². The van der Waals surface area contributed by atoms with E-state index in [1.165, 1.54) is 11.1 Å². The average molecular weight is 246 g/mol. The summed E-state index contributed by atoms with van der Waals surface area (Å²) in [5.41, 5.74) is 0.986. The van der Waals surface area contributed by atoms with Gasteiger partial charge in [0.15, 0.2) is 6.33 Å². The highest BCUT2D eigenvalue weighted by molar-refractivity contribution is 5.75. The second kappa shape index (κ2) is 5.35. The molecule has 1 amide bonds. The number of tetrazole rings is 1. The predicted molar refractivity (Wildman–Crippen MR) is 63.2 cm³/mol. The van der Waals surface area contributed by atoms with Crippen molar-refractivity contribution in [2.75, 3.05) is 7.05 Å². The van der Waals surface area contributed by atoms with E-state index in [2.05, 4.69) is 20.4 Å². The molecule has 2 aromatic heterocycles. The zero-order valence-corrected chi connectivity index (χ0v) is 10.3. The number of hydrogen-bond donors (Lipinski definition) is 0. The molecule has 7 nitrogen and oxygen atoms in total. The fourth-order valence-electron chi connectivity index (χ4n) is 1.56. The molecule has 0 aliphatic carbocycles. The van der Waals surface area contributed by atoms with E-state index in [1.54, 1.807) is 24.3 Å². The van der Waals surface area contributed by atoms with Gasteiger partial charge >= 0.3 is 0 Å². The number of carbonyl (C=O) groups excluding carboxylic acids is 1. The third-order valence-electron chi connectivity index (χ3n) is 2.81. The first-order valence-corrected chi connectivity index (χ1v) is 5.55. The third kappa shape index (κ3) is 2.68. The summed E-state index contributed by atoms with van der Waals surface area (Å²) >= 11 is 0. The molecule has 0 saturated heterocycles. The van der Waals surface area contributed by atoms with Gasteiger partial charge in [-0.3, -0.25) is 9.78 Å². The van der Waals surface area contributed by atoms with Gasteiger partial charge in [-0.1, -0.05) is 6.07 Å². The molecular formula is C11H14N6O. The molecular weight excluding hydrogens is 232 g/mol. The van der Waals surface area contributed by atoms with Crippen LogP contribution in [0.15, 0.2) is 30.9 Å². The Labute approximate surface area is 104 Å². The SMILES string of the molecule is CC(c1cccnc1)N(C)C(=O)Cn1ncnn1.